The Kier molecular flexibility index (Phi) is 6.89. The lowest BCUT2D eigenvalue weighted by Crippen LogP contribution is -2.57. The summed E-state index contributed by atoms with van der Waals surface area (Å²) < 4.78 is 3.81. The maximum atomic E-state index is 13.9. The van der Waals surface area contributed by atoms with Gasteiger partial charge in [0, 0.05) is 29.4 Å². The molecule has 5 nitrogen and oxygen atoms in total. The van der Waals surface area contributed by atoms with Gasteiger partial charge < -0.3 is 14.5 Å². The third-order valence-corrected chi connectivity index (χ3v) is 7.62. The number of carbonyl (C=O) groups excluding carboxylic acids is 2. The monoisotopic (exact) mass is 458 g/mol. The van der Waals surface area contributed by atoms with Gasteiger partial charge >= 0.3 is 5.97 Å². The minimum Gasteiger partial charge on any atom is -0.468 e. The zero-order valence-corrected chi connectivity index (χ0v) is 19.3. The number of ether oxygens (including phenoxy) is 1. The maximum Gasteiger partial charge on any atom is 0.332 e. The van der Waals surface area contributed by atoms with Gasteiger partial charge in [-0.3, -0.25) is 4.79 Å². The number of thioether (sulfide) groups is 1. The number of amides is 1. The lowest BCUT2D eigenvalue weighted by Gasteiger charge is -2.41. The molecule has 1 saturated heterocycles. The van der Waals surface area contributed by atoms with Crippen molar-refractivity contribution >= 4 is 40.9 Å². The van der Waals surface area contributed by atoms with Crippen LogP contribution < -0.4 is 4.90 Å². The fraction of sp³-hybridized carbons (Fsp3) is 0.417. The lowest BCUT2D eigenvalue weighted by molar-refractivity contribution is -0.147. The number of benzene rings is 2. The highest BCUT2D eigenvalue weighted by atomic mass is 35.5. The van der Waals surface area contributed by atoms with Crippen LogP contribution >= 0.6 is 23.4 Å². The van der Waals surface area contributed by atoms with Crippen LogP contribution in [0.25, 0.3) is 0 Å². The summed E-state index contributed by atoms with van der Waals surface area (Å²) in [5.74, 6) is -0.755. The number of halogens is 1. The molecule has 2 aromatic carbocycles. The van der Waals surface area contributed by atoms with E-state index in [9.17, 15) is 9.59 Å². The third-order valence-electron chi connectivity index (χ3n) is 5.99. The molecule has 2 aromatic rings. The number of hydrogen-bond acceptors (Lipinski definition) is 5. The Morgan fingerprint density at radius 1 is 1.10 bits per heavy atom. The Labute approximate surface area is 192 Å². The highest BCUT2D eigenvalue weighted by molar-refractivity contribution is 8.02. The quantitative estimate of drug-likeness (QED) is 0.473. The molecule has 1 fully saturated rings. The molecule has 0 aromatic heterocycles. The Morgan fingerprint density at radius 2 is 1.84 bits per heavy atom. The average molecular weight is 459 g/mol. The predicted octanol–water partition coefficient (Wildman–Crippen LogP) is 4.42. The first-order valence-electron chi connectivity index (χ1n) is 10.7. The minimum absolute atomic E-state index is 0.236. The second kappa shape index (κ2) is 9.63. The summed E-state index contributed by atoms with van der Waals surface area (Å²) >= 11 is 7.56. The van der Waals surface area contributed by atoms with Crippen LogP contribution in [0, 0.1) is 0 Å². The van der Waals surface area contributed by atoms with Crippen LogP contribution in [0.4, 0.5) is 5.69 Å². The number of hydrogen-bond donors (Lipinski definition) is 0. The maximum absolute atomic E-state index is 13.9. The van der Waals surface area contributed by atoms with E-state index in [1.54, 1.807) is 11.0 Å². The van der Waals surface area contributed by atoms with Gasteiger partial charge in [0.15, 0.2) is 0 Å². The van der Waals surface area contributed by atoms with Crippen molar-refractivity contribution in [1.82, 2.24) is 4.90 Å². The van der Waals surface area contributed by atoms with E-state index in [0.29, 0.717) is 11.6 Å². The van der Waals surface area contributed by atoms with E-state index in [2.05, 4.69) is 4.90 Å². The van der Waals surface area contributed by atoms with Crippen LogP contribution in [-0.4, -0.2) is 54.8 Å². The molecule has 2 aliphatic heterocycles. The highest BCUT2D eigenvalue weighted by Crippen LogP contribution is 2.48. The van der Waals surface area contributed by atoms with E-state index in [4.69, 9.17) is 16.3 Å². The first kappa shape index (κ1) is 22.2. The summed E-state index contributed by atoms with van der Waals surface area (Å²) in [4.78, 5) is 32.0. The second-order valence-corrected chi connectivity index (χ2v) is 9.83. The number of piperidine rings is 1. The van der Waals surface area contributed by atoms with Gasteiger partial charge in [-0.25, -0.2) is 4.79 Å². The number of fused-ring (bicyclic) bond motifs is 1. The van der Waals surface area contributed by atoms with E-state index < -0.39 is 10.7 Å². The van der Waals surface area contributed by atoms with Crippen molar-refractivity contribution in [3.63, 3.8) is 0 Å². The molecule has 1 unspecified atom stereocenters. The van der Waals surface area contributed by atoms with Gasteiger partial charge in [-0.1, -0.05) is 60.1 Å². The van der Waals surface area contributed by atoms with Gasteiger partial charge in [-0.05, 0) is 49.7 Å². The molecule has 31 heavy (non-hydrogen) atoms. The molecule has 0 radical (unpaired) electrons. The van der Waals surface area contributed by atoms with Crippen molar-refractivity contribution in [3.05, 3.63) is 59.1 Å². The first-order chi connectivity index (χ1) is 15.0. The van der Waals surface area contributed by atoms with Gasteiger partial charge in [0.25, 0.3) is 5.91 Å². The largest absolute Gasteiger partial charge is 0.468 e. The van der Waals surface area contributed by atoms with Crippen LogP contribution in [0.1, 0.15) is 24.8 Å². The van der Waals surface area contributed by atoms with Gasteiger partial charge in [-0.15, -0.1) is 0 Å². The van der Waals surface area contributed by atoms with Gasteiger partial charge in [0.05, 0.1) is 12.8 Å². The fourth-order valence-corrected chi connectivity index (χ4v) is 5.91. The van der Waals surface area contributed by atoms with Crippen molar-refractivity contribution in [2.75, 3.05) is 38.2 Å². The molecule has 0 spiro atoms. The molecule has 0 N–H and O–H groups in total. The Hall–Kier alpha value is -2.02. The zero-order chi connectivity index (χ0) is 21.8. The van der Waals surface area contributed by atoms with E-state index in [0.717, 1.165) is 35.8 Å². The zero-order valence-electron chi connectivity index (χ0n) is 17.7. The summed E-state index contributed by atoms with van der Waals surface area (Å²) in [5.41, 5.74) is 1.69. The van der Waals surface area contributed by atoms with E-state index in [1.807, 2.05) is 42.5 Å². The van der Waals surface area contributed by atoms with Crippen molar-refractivity contribution in [2.24, 2.45) is 0 Å². The summed E-state index contributed by atoms with van der Waals surface area (Å²) in [6.07, 6.45) is 3.90. The number of anilines is 1. The Balaban J connectivity index is 1.71. The molecular formula is C24H27ClN2O3S. The fourth-order valence-electron chi connectivity index (χ4n) is 4.35. The molecule has 0 bridgehead atoms. The highest BCUT2D eigenvalue weighted by Gasteiger charge is 2.54. The van der Waals surface area contributed by atoms with Crippen LogP contribution in [-0.2, 0) is 20.7 Å². The number of likely N-dealkylation sites (tertiary alicyclic amines) is 1. The number of nitrogens with zero attached hydrogens (tertiary/aromatic N) is 2. The predicted molar refractivity (Wildman–Crippen MR) is 125 cm³/mol. The SMILES string of the molecule is COC(=O)C1(Cc2ccccc2)Sc2ccc(Cl)cc2N(CCN2CCCCC2)C1=O. The summed E-state index contributed by atoms with van der Waals surface area (Å²) in [7, 11) is 1.35. The van der Waals surface area contributed by atoms with Crippen LogP contribution in [0.3, 0.4) is 0 Å². The standard InChI is InChI=1S/C24H27ClN2O3S/c1-30-23(29)24(17-18-8-4-2-5-9-18)22(28)27(15-14-26-12-6-3-7-13-26)20-16-19(25)10-11-21(20)31-24/h2,4-5,8-11,16H,3,6-7,12-15,17H2,1H3. The first-order valence-corrected chi connectivity index (χ1v) is 11.9. The molecule has 7 heteroatoms. The summed E-state index contributed by atoms with van der Waals surface area (Å²) in [5, 5.41) is 0.573. The topological polar surface area (TPSA) is 49.9 Å². The molecule has 2 aliphatic rings. The average Bonchev–Trinajstić information content (AvgIpc) is 2.80. The van der Waals surface area contributed by atoms with Gasteiger partial charge in [0.1, 0.15) is 0 Å². The minimum atomic E-state index is -1.36. The van der Waals surface area contributed by atoms with E-state index in [1.165, 1.54) is 38.1 Å². The second-order valence-electron chi connectivity index (χ2n) is 8.05. The van der Waals surface area contributed by atoms with E-state index >= 15 is 0 Å². The van der Waals surface area contributed by atoms with Gasteiger partial charge in [-0.2, -0.15) is 0 Å². The van der Waals surface area contributed by atoms with E-state index in [-0.39, 0.29) is 12.3 Å². The number of esters is 1. The molecule has 1 amide bonds. The van der Waals surface area contributed by atoms with Crippen molar-refractivity contribution < 1.29 is 14.3 Å². The van der Waals surface area contributed by atoms with Crippen molar-refractivity contribution in [2.45, 2.75) is 35.3 Å². The summed E-state index contributed by atoms with van der Waals surface area (Å²) in [6, 6.07) is 15.2. The number of rotatable bonds is 6. The van der Waals surface area contributed by atoms with Gasteiger partial charge in [0.2, 0.25) is 4.75 Å². The molecule has 164 valence electrons. The molecule has 4 rings (SSSR count). The van der Waals surface area contributed by atoms with Crippen molar-refractivity contribution in [1.29, 1.82) is 0 Å². The number of methoxy groups -OCH3 is 1. The number of carbonyl (C=O) groups is 2. The Bertz CT molecular complexity index is 949. The third kappa shape index (κ3) is 4.61. The lowest BCUT2D eigenvalue weighted by atomic mass is 9.95. The summed E-state index contributed by atoms with van der Waals surface area (Å²) in [6.45, 7) is 3.38. The molecule has 0 saturated carbocycles. The van der Waals surface area contributed by atoms with Crippen LogP contribution in [0.2, 0.25) is 5.02 Å². The molecule has 2 heterocycles. The smallest absolute Gasteiger partial charge is 0.332 e. The van der Waals surface area contributed by atoms with Crippen LogP contribution in [0.5, 0.6) is 0 Å². The molecule has 0 aliphatic carbocycles. The molecular weight excluding hydrogens is 432 g/mol. The molecule has 1 atom stereocenters. The van der Waals surface area contributed by atoms with Crippen LogP contribution in [0.15, 0.2) is 53.4 Å². The Morgan fingerprint density at radius 3 is 2.55 bits per heavy atom. The normalized spacial score (nSPS) is 21.6. The van der Waals surface area contributed by atoms with Crippen molar-refractivity contribution in [3.8, 4) is 0 Å².